The highest BCUT2D eigenvalue weighted by molar-refractivity contribution is 5.50. The molecule has 1 aliphatic heterocycles. The van der Waals surface area contributed by atoms with Gasteiger partial charge in [-0.2, -0.15) is 5.26 Å². The second-order valence-corrected chi connectivity index (χ2v) is 6.53. The summed E-state index contributed by atoms with van der Waals surface area (Å²) in [5.74, 6) is 0.192. The summed E-state index contributed by atoms with van der Waals surface area (Å²) in [5, 5.41) is 9.47. The molecule has 0 spiro atoms. The molecule has 0 aromatic carbocycles. The van der Waals surface area contributed by atoms with E-state index in [1.165, 1.54) is 0 Å². The second-order valence-electron chi connectivity index (χ2n) is 6.53. The Morgan fingerprint density at radius 1 is 1.48 bits per heavy atom. The van der Waals surface area contributed by atoms with E-state index in [1.54, 1.807) is 17.0 Å². The van der Waals surface area contributed by atoms with Crippen molar-refractivity contribution >= 4 is 0 Å². The van der Waals surface area contributed by atoms with E-state index in [0.717, 1.165) is 11.3 Å². The molecule has 3 rings (SSSR count). The summed E-state index contributed by atoms with van der Waals surface area (Å²) in [5.41, 5.74) is 8.27. The molecule has 128 valence electrons. The molecule has 0 radical (unpaired) electrons. The van der Waals surface area contributed by atoms with E-state index >= 15 is 0 Å². The minimum Gasteiger partial charge on any atom is -0.440 e. The fourth-order valence-corrected chi connectivity index (χ4v) is 3.26. The van der Waals surface area contributed by atoms with E-state index < -0.39 is 0 Å². The molecule has 0 aliphatic carbocycles. The first kappa shape index (κ1) is 16.8. The predicted octanol–water partition coefficient (Wildman–Crippen LogP) is 2.43. The number of nitrogens with zero attached hydrogens (tertiary/aromatic N) is 3. The van der Waals surface area contributed by atoms with Crippen LogP contribution in [0.15, 0.2) is 46.8 Å². The van der Waals surface area contributed by atoms with E-state index in [-0.39, 0.29) is 23.3 Å². The molecule has 3 heterocycles. The van der Waals surface area contributed by atoms with E-state index in [4.69, 9.17) is 10.5 Å². The summed E-state index contributed by atoms with van der Waals surface area (Å²) in [6.07, 6.45) is 3.43. The molecule has 25 heavy (non-hydrogen) atoms. The number of rotatable bonds is 3. The van der Waals surface area contributed by atoms with Gasteiger partial charge in [0, 0.05) is 30.1 Å². The number of fused-ring (bicyclic) bond motifs is 1. The predicted molar refractivity (Wildman–Crippen MR) is 93.8 cm³/mol. The van der Waals surface area contributed by atoms with Crippen molar-refractivity contribution in [2.45, 2.75) is 33.2 Å². The third kappa shape index (κ3) is 2.89. The van der Waals surface area contributed by atoms with E-state index in [9.17, 15) is 10.1 Å². The Kier molecular flexibility index (Phi) is 4.32. The highest BCUT2D eigenvalue weighted by atomic mass is 16.5. The van der Waals surface area contributed by atoms with Gasteiger partial charge in [0.15, 0.2) is 0 Å². The molecule has 0 saturated carbocycles. The van der Waals surface area contributed by atoms with Crippen LogP contribution >= 0.6 is 0 Å². The number of hydrogen-bond acceptors (Lipinski definition) is 5. The normalized spacial score (nSPS) is 16.4. The lowest BCUT2D eigenvalue weighted by Crippen LogP contribution is -2.34. The lowest BCUT2D eigenvalue weighted by molar-refractivity contribution is 0.366. The zero-order chi connectivity index (χ0) is 18.1. The molecule has 0 saturated heterocycles. The maximum Gasteiger partial charge on any atom is 0.258 e. The average molecular weight is 336 g/mol. The van der Waals surface area contributed by atoms with Gasteiger partial charge in [0.05, 0.1) is 17.7 Å². The van der Waals surface area contributed by atoms with Crippen LogP contribution in [0.2, 0.25) is 0 Å². The van der Waals surface area contributed by atoms with Gasteiger partial charge in [0.1, 0.15) is 11.8 Å². The fourth-order valence-electron chi connectivity index (χ4n) is 3.26. The van der Waals surface area contributed by atoms with Gasteiger partial charge >= 0.3 is 0 Å². The van der Waals surface area contributed by atoms with Crippen molar-refractivity contribution in [3.05, 3.63) is 69.2 Å². The van der Waals surface area contributed by atoms with Crippen molar-refractivity contribution in [1.29, 1.82) is 5.26 Å². The van der Waals surface area contributed by atoms with Crippen LogP contribution in [0.4, 0.5) is 0 Å². The van der Waals surface area contributed by atoms with Crippen LogP contribution in [-0.4, -0.2) is 9.55 Å². The number of nitriles is 1. The number of aromatic nitrogens is 2. The summed E-state index contributed by atoms with van der Waals surface area (Å²) < 4.78 is 7.28. The molecule has 6 heteroatoms. The minimum absolute atomic E-state index is 0.0399. The molecule has 6 nitrogen and oxygen atoms in total. The van der Waals surface area contributed by atoms with Crippen LogP contribution in [0, 0.1) is 24.2 Å². The SMILES string of the molecule is Cc1cc2c(c(=O)n1Cc1cccnc1)C(C(C)C)C(C#N)=C(N)O2. The van der Waals surface area contributed by atoms with Gasteiger partial charge < -0.3 is 15.0 Å². The molecule has 2 aromatic heterocycles. The molecule has 0 bridgehead atoms. The summed E-state index contributed by atoms with van der Waals surface area (Å²) in [4.78, 5) is 17.3. The van der Waals surface area contributed by atoms with Crippen LogP contribution in [0.25, 0.3) is 0 Å². The molecular formula is C19H20N4O2. The number of nitrogens with two attached hydrogens (primary N) is 1. The lowest BCUT2D eigenvalue weighted by atomic mass is 9.81. The zero-order valence-corrected chi connectivity index (χ0v) is 14.5. The molecular weight excluding hydrogens is 316 g/mol. The van der Waals surface area contributed by atoms with Crippen molar-refractivity contribution in [1.82, 2.24) is 9.55 Å². The summed E-state index contributed by atoms with van der Waals surface area (Å²) >= 11 is 0. The largest absolute Gasteiger partial charge is 0.440 e. The summed E-state index contributed by atoms with van der Waals surface area (Å²) in [6.45, 7) is 6.20. The van der Waals surface area contributed by atoms with Crippen molar-refractivity contribution in [2.75, 3.05) is 0 Å². The molecule has 1 unspecified atom stereocenters. The van der Waals surface area contributed by atoms with E-state index in [1.807, 2.05) is 39.0 Å². The monoisotopic (exact) mass is 336 g/mol. The highest BCUT2D eigenvalue weighted by Gasteiger charge is 2.34. The van der Waals surface area contributed by atoms with Gasteiger partial charge in [-0.1, -0.05) is 19.9 Å². The Bertz CT molecular complexity index is 936. The Labute approximate surface area is 146 Å². The Morgan fingerprint density at radius 3 is 2.84 bits per heavy atom. The van der Waals surface area contributed by atoms with Gasteiger partial charge in [-0.25, -0.2) is 0 Å². The highest BCUT2D eigenvalue weighted by Crippen LogP contribution is 2.40. The zero-order valence-electron chi connectivity index (χ0n) is 14.5. The van der Waals surface area contributed by atoms with Crippen molar-refractivity contribution in [2.24, 2.45) is 11.7 Å². The third-order valence-electron chi connectivity index (χ3n) is 4.46. The van der Waals surface area contributed by atoms with Crippen molar-refractivity contribution in [3.8, 4) is 11.8 Å². The average Bonchev–Trinajstić information content (AvgIpc) is 2.58. The van der Waals surface area contributed by atoms with Crippen molar-refractivity contribution in [3.63, 3.8) is 0 Å². The van der Waals surface area contributed by atoms with Gasteiger partial charge in [-0.15, -0.1) is 0 Å². The van der Waals surface area contributed by atoms with Crippen LogP contribution in [0.3, 0.4) is 0 Å². The lowest BCUT2D eigenvalue weighted by Gasteiger charge is -2.29. The smallest absolute Gasteiger partial charge is 0.258 e. The van der Waals surface area contributed by atoms with Crippen molar-refractivity contribution < 1.29 is 4.74 Å². The van der Waals surface area contributed by atoms with Crippen LogP contribution in [0.1, 0.15) is 36.6 Å². The first-order chi connectivity index (χ1) is 11.9. The standard InChI is InChI=1S/C19H20N4O2/c1-11(2)16-14(8-20)18(21)25-15-7-12(3)23(19(24)17(15)16)10-13-5-4-6-22-9-13/h4-7,9,11,16H,10,21H2,1-3H3. The quantitative estimate of drug-likeness (QED) is 0.929. The number of allylic oxidation sites excluding steroid dienone is 1. The third-order valence-corrected chi connectivity index (χ3v) is 4.46. The number of ether oxygens (including phenoxy) is 1. The second kappa shape index (κ2) is 6.44. The van der Waals surface area contributed by atoms with Gasteiger partial charge in [-0.05, 0) is 24.5 Å². The van der Waals surface area contributed by atoms with E-state index in [0.29, 0.717) is 23.4 Å². The van der Waals surface area contributed by atoms with Gasteiger partial charge in [0.25, 0.3) is 5.56 Å². The molecule has 2 N–H and O–H groups in total. The summed E-state index contributed by atoms with van der Waals surface area (Å²) in [6, 6.07) is 7.68. The fraction of sp³-hybridized carbons (Fsp3) is 0.316. The minimum atomic E-state index is -0.373. The molecule has 0 amide bonds. The molecule has 1 atom stereocenters. The number of pyridine rings is 2. The van der Waals surface area contributed by atoms with E-state index in [2.05, 4.69) is 11.1 Å². The molecule has 0 fully saturated rings. The topological polar surface area (TPSA) is 93.9 Å². The first-order valence-corrected chi connectivity index (χ1v) is 8.14. The maximum absolute atomic E-state index is 13.2. The van der Waals surface area contributed by atoms with Crippen LogP contribution < -0.4 is 16.0 Å². The van der Waals surface area contributed by atoms with Gasteiger partial charge in [-0.3, -0.25) is 9.78 Å². The molecule has 2 aromatic rings. The molecule has 1 aliphatic rings. The van der Waals surface area contributed by atoms with Gasteiger partial charge in [0.2, 0.25) is 5.88 Å². The summed E-state index contributed by atoms with van der Waals surface area (Å²) in [7, 11) is 0. The Morgan fingerprint density at radius 2 is 2.24 bits per heavy atom. The first-order valence-electron chi connectivity index (χ1n) is 8.14. The number of aryl methyl sites for hydroxylation is 1. The Balaban J connectivity index is 2.18. The van der Waals surface area contributed by atoms with Crippen LogP contribution in [-0.2, 0) is 6.54 Å². The number of hydrogen-bond donors (Lipinski definition) is 1. The maximum atomic E-state index is 13.2. The van der Waals surface area contributed by atoms with Crippen LogP contribution in [0.5, 0.6) is 5.75 Å². The Hall–Kier alpha value is -3.07.